The minimum atomic E-state index is 0.466. The van der Waals surface area contributed by atoms with Crippen molar-refractivity contribution in [1.29, 1.82) is 0 Å². The van der Waals surface area contributed by atoms with E-state index in [1.165, 1.54) is 37.7 Å². The molecular formula is C16H25N. The van der Waals surface area contributed by atoms with Crippen LogP contribution in [0.5, 0.6) is 0 Å². The zero-order valence-electron chi connectivity index (χ0n) is 11.2. The van der Waals surface area contributed by atoms with Crippen molar-refractivity contribution in [1.82, 2.24) is 5.32 Å². The summed E-state index contributed by atoms with van der Waals surface area (Å²) in [5.74, 6) is 0.884. The standard InChI is InChI=1S/C16H25N/c1-13(15-9-5-3-6-10-15)17-14(2)16-11-7-4-8-12-16/h3,5-6,9-10,13-14,16-17H,4,7-8,11-12H2,1-2H3. The smallest absolute Gasteiger partial charge is 0.0294 e. The molecule has 1 nitrogen and oxygen atoms in total. The first kappa shape index (κ1) is 12.6. The van der Waals surface area contributed by atoms with Crippen molar-refractivity contribution in [3.05, 3.63) is 35.9 Å². The first-order chi connectivity index (χ1) is 8.27. The van der Waals surface area contributed by atoms with Crippen LogP contribution in [0.25, 0.3) is 0 Å². The van der Waals surface area contributed by atoms with Gasteiger partial charge in [0, 0.05) is 12.1 Å². The Bertz CT molecular complexity index is 314. The quantitative estimate of drug-likeness (QED) is 0.814. The largest absolute Gasteiger partial charge is 0.307 e. The monoisotopic (exact) mass is 231 g/mol. The predicted octanol–water partition coefficient (Wildman–Crippen LogP) is 4.31. The fraction of sp³-hybridized carbons (Fsp3) is 0.625. The third kappa shape index (κ3) is 3.57. The lowest BCUT2D eigenvalue weighted by atomic mass is 9.84. The summed E-state index contributed by atoms with van der Waals surface area (Å²) < 4.78 is 0. The summed E-state index contributed by atoms with van der Waals surface area (Å²) in [6, 6.07) is 11.9. The van der Waals surface area contributed by atoms with Gasteiger partial charge in [0.25, 0.3) is 0 Å². The summed E-state index contributed by atoms with van der Waals surface area (Å²) in [4.78, 5) is 0. The minimum Gasteiger partial charge on any atom is -0.307 e. The Balaban J connectivity index is 1.87. The molecule has 1 aromatic carbocycles. The first-order valence-electron chi connectivity index (χ1n) is 7.08. The van der Waals surface area contributed by atoms with Gasteiger partial charge >= 0.3 is 0 Å². The van der Waals surface area contributed by atoms with Gasteiger partial charge in [-0.15, -0.1) is 0 Å². The predicted molar refractivity (Wildman–Crippen MR) is 74.0 cm³/mol. The summed E-state index contributed by atoms with van der Waals surface area (Å²) in [6.07, 6.45) is 7.12. The van der Waals surface area contributed by atoms with Crippen molar-refractivity contribution < 1.29 is 0 Å². The van der Waals surface area contributed by atoms with E-state index in [9.17, 15) is 0 Å². The van der Waals surface area contributed by atoms with E-state index in [-0.39, 0.29) is 0 Å². The van der Waals surface area contributed by atoms with Gasteiger partial charge in [-0.2, -0.15) is 0 Å². The lowest BCUT2D eigenvalue weighted by Gasteiger charge is -2.30. The molecule has 1 fully saturated rings. The Morgan fingerprint density at radius 1 is 1.00 bits per heavy atom. The van der Waals surface area contributed by atoms with Crippen LogP contribution < -0.4 is 5.32 Å². The maximum atomic E-state index is 3.77. The molecule has 1 saturated carbocycles. The SMILES string of the molecule is CC(NC(C)C1CCCCC1)c1ccccc1. The van der Waals surface area contributed by atoms with Gasteiger partial charge in [0.1, 0.15) is 0 Å². The van der Waals surface area contributed by atoms with Gasteiger partial charge in [-0.25, -0.2) is 0 Å². The van der Waals surface area contributed by atoms with Crippen LogP contribution in [0, 0.1) is 5.92 Å². The van der Waals surface area contributed by atoms with Gasteiger partial charge in [0.05, 0.1) is 0 Å². The second kappa shape index (κ2) is 6.20. The molecule has 94 valence electrons. The van der Waals surface area contributed by atoms with Gasteiger partial charge in [-0.3, -0.25) is 0 Å². The number of nitrogens with one attached hydrogen (secondary N) is 1. The van der Waals surface area contributed by atoms with E-state index in [1.54, 1.807) is 0 Å². The van der Waals surface area contributed by atoms with E-state index in [1.807, 2.05) is 0 Å². The number of hydrogen-bond acceptors (Lipinski definition) is 1. The molecule has 1 aliphatic rings. The van der Waals surface area contributed by atoms with Crippen molar-refractivity contribution >= 4 is 0 Å². The van der Waals surface area contributed by atoms with E-state index in [4.69, 9.17) is 0 Å². The van der Waals surface area contributed by atoms with E-state index >= 15 is 0 Å². The molecule has 0 radical (unpaired) electrons. The normalized spacial score (nSPS) is 21.1. The van der Waals surface area contributed by atoms with Crippen molar-refractivity contribution in [2.45, 2.75) is 58.0 Å². The maximum absolute atomic E-state index is 3.77. The van der Waals surface area contributed by atoms with Crippen LogP contribution in [-0.4, -0.2) is 6.04 Å². The zero-order valence-corrected chi connectivity index (χ0v) is 11.2. The molecule has 0 heterocycles. The van der Waals surface area contributed by atoms with Crippen molar-refractivity contribution in [2.75, 3.05) is 0 Å². The minimum absolute atomic E-state index is 0.466. The van der Waals surface area contributed by atoms with Crippen molar-refractivity contribution in [3.8, 4) is 0 Å². The van der Waals surface area contributed by atoms with Gasteiger partial charge in [-0.05, 0) is 38.2 Å². The molecule has 17 heavy (non-hydrogen) atoms. The fourth-order valence-corrected chi connectivity index (χ4v) is 3.00. The highest BCUT2D eigenvalue weighted by Crippen LogP contribution is 2.27. The Hall–Kier alpha value is -0.820. The van der Waals surface area contributed by atoms with Gasteiger partial charge in [0.15, 0.2) is 0 Å². The van der Waals surface area contributed by atoms with E-state index in [0.717, 1.165) is 5.92 Å². The number of benzene rings is 1. The average Bonchev–Trinajstić information content (AvgIpc) is 2.40. The molecule has 1 N–H and O–H groups in total. The van der Waals surface area contributed by atoms with Gasteiger partial charge < -0.3 is 5.32 Å². The van der Waals surface area contributed by atoms with E-state index < -0.39 is 0 Å². The zero-order chi connectivity index (χ0) is 12.1. The van der Waals surface area contributed by atoms with E-state index in [0.29, 0.717) is 12.1 Å². The highest BCUT2D eigenvalue weighted by Gasteiger charge is 2.21. The molecular weight excluding hydrogens is 206 g/mol. The molecule has 0 amide bonds. The van der Waals surface area contributed by atoms with Crippen molar-refractivity contribution in [3.63, 3.8) is 0 Å². The molecule has 2 atom stereocenters. The number of rotatable bonds is 4. The molecule has 1 aliphatic carbocycles. The highest BCUT2D eigenvalue weighted by molar-refractivity contribution is 5.18. The molecule has 0 aromatic heterocycles. The maximum Gasteiger partial charge on any atom is 0.0294 e. The Labute approximate surface area is 106 Å². The first-order valence-corrected chi connectivity index (χ1v) is 7.08. The summed E-state index contributed by atoms with van der Waals surface area (Å²) in [5, 5.41) is 3.77. The third-order valence-electron chi connectivity index (χ3n) is 4.17. The lowest BCUT2D eigenvalue weighted by molar-refractivity contribution is 0.268. The molecule has 2 unspecified atom stereocenters. The van der Waals surface area contributed by atoms with E-state index in [2.05, 4.69) is 49.5 Å². The second-order valence-electron chi connectivity index (χ2n) is 5.49. The van der Waals surface area contributed by atoms with Crippen LogP contribution in [0.15, 0.2) is 30.3 Å². The Morgan fingerprint density at radius 3 is 2.29 bits per heavy atom. The van der Waals surface area contributed by atoms with Gasteiger partial charge in [-0.1, -0.05) is 49.6 Å². The molecule has 2 rings (SSSR count). The molecule has 0 bridgehead atoms. The third-order valence-corrected chi connectivity index (χ3v) is 4.17. The molecule has 1 heteroatoms. The van der Waals surface area contributed by atoms with Crippen LogP contribution in [0.2, 0.25) is 0 Å². The molecule has 0 aliphatic heterocycles. The average molecular weight is 231 g/mol. The lowest BCUT2D eigenvalue weighted by Crippen LogP contribution is -2.36. The second-order valence-corrected chi connectivity index (χ2v) is 5.49. The van der Waals surface area contributed by atoms with Crippen LogP contribution in [0.1, 0.15) is 57.6 Å². The summed E-state index contributed by atoms with van der Waals surface area (Å²) >= 11 is 0. The molecule has 0 saturated heterocycles. The summed E-state index contributed by atoms with van der Waals surface area (Å²) in [5.41, 5.74) is 1.40. The van der Waals surface area contributed by atoms with Crippen LogP contribution in [-0.2, 0) is 0 Å². The van der Waals surface area contributed by atoms with Crippen LogP contribution >= 0.6 is 0 Å². The summed E-state index contributed by atoms with van der Waals surface area (Å²) in [7, 11) is 0. The summed E-state index contributed by atoms with van der Waals surface area (Å²) in [6.45, 7) is 4.63. The highest BCUT2D eigenvalue weighted by atomic mass is 14.9. The van der Waals surface area contributed by atoms with Gasteiger partial charge in [0.2, 0.25) is 0 Å². The number of hydrogen-bond donors (Lipinski definition) is 1. The Morgan fingerprint density at radius 2 is 1.65 bits per heavy atom. The topological polar surface area (TPSA) is 12.0 Å². The fourth-order valence-electron chi connectivity index (χ4n) is 3.00. The molecule has 1 aromatic rings. The van der Waals surface area contributed by atoms with Crippen LogP contribution in [0.4, 0.5) is 0 Å². The van der Waals surface area contributed by atoms with Crippen LogP contribution in [0.3, 0.4) is 0 Å². The van der Waals surface area contributed by atoms with Crippen molar-refractivity contribution in [2.24, 2.45) is 5.92 Å². The Kier molecular flexibility index (Phi) is 4.61. The molecule has 0 spiro atoms.